The van der Waals surface area contributed by atoms with Crippen molar-refractivity contribution in [1.82, 2.24) is 9.78 Å². The molecule has 7 nitrogen and oxygen atoms in total. The van der Waals surface area contributed by atoms with Gasteiger partial charge in [-0.3, -0.25) is 9.59 Å². The SMILES string of the molecule is O=C(COc1ccccc1C(=O)Nc1ccc(-n2cccn2)c(F)c1)Nc1ccccc1F. The second kappa shape index (κ2) is 9.73. The summed E-state index contributed by atoms with van der Waals surface area (Å²) in [7, 11) is 0. The lowest BCUT2D eigenvalue weighted by Gasteiger charge is -2.13. The molecule has 0 saturated carbocycles. The number of halogens is 2. The van der Waals surface area contributed by atoms with Gasteiger partial charge in [-0.25, -0.2) is 13.5 Å². The van der Waals surface area contributed by atoms with Crippen LogP contribution in [-0.4, -0.2) is 28.2 Å². The van der Waals surface area contributed by atoms with E-state index in [-0.39, 0.29) is 28.4 Å². The van der Waals surface area contributed by atoms with Crippen LogP contribution >= 0.6 is 0 Å². The van der Waals surface area contributed by atoms with E-state index in [4.69, 9.17) is 4.74 Å². The summed E-state index contributed by atoms with van der Waals surface area (Å²) in [5.74, 6) is -2.13. The lowest BCUT2D eigenvalue weighted by atomic mass is 10.1. The Bertz CT molecular complexity index is 1290. The van der Waals surface area contributed by atoms with Crippen LogP contribution < -0.4 is 15.4 Å². The molecule has 0 bridgehead atoms. The number of carbonyl (C=O) groups excluding carboxylic acids is 2. The molecule has 0 atom stereocenters. The van der Waals surface area contributed by atoms with Crippen molar-refractivity contribution in [1.29, 1.82) is 0 Å². The van der Waals surface area contributed by atoms with Crippen molar-refractivity contribution in [2.45, 2.75) is 0 Å². The van der Waals surface area contributed by atoms with Crippen LogP contribution in [0.15, 0.2) is 85.2 Å². The summed E-state index contributed by atoms with van der Waals surface area (Å²) < 4.78 is 35.0. The number of anilines is 2. The number of ether oxygens (including phenoxy) is 1. The van der Waals surface area contributed by atoms with Gasteiger partial charge in [-0.1, -0.05) is 24.3 Å². The Balaban J connectivity index is 1.42. The van der Waals surface area contributed by atoms with Crippen LogP contribution in [0.3, 0.4) is 0 Å². The van der Waals surface area contributed by atoms with Crippen LogP contribution in [-0.2, 0) is 4.79 Å². The number of nitrogens with zero attached hydrogens (tertiary/aromatic N) is 2. The number of amides is 2. The molecular formula is C24H18F2N4O3. The van der Waals surface area contributed by atoms with E-state index in [1.54, 1.807) is 36.5 Å². The molecule has 9 heteroatoms. The van der Waals surface area contributed by atoms with E-state index in [0.717, 1.165) is 0 Å². The molecule has 1 aromatic heterocycles. The van der Waals surface area contributed by atoms with Crippen molar-refractivity contribution in [3.8, 4) is 11.4 Å². The maximum absolute atomic E-state index is 14.5. The van der Waals surface area contributed by atoms with E-state index in [9.17, 15) is 18.4 Å². The molecular weight excluding hydrogens is 430 g/mol. The number of carbonyl (C=O) groups is 2. The molecule has 0 spiro atoms. The Morgan fingerprint density at radius 2 is 1.70 bits per heavy atom. The molecule has 4 aromatic rings. The van der Waals surface area contributed by atoms with Crippen molar-refractivity contribution in [3.05, 3.63) is 102 Å². The quantitative estimate of drug-likeness (QED) is 0.438. The van der Waals surface area contributed by atoms with Gasteiger partial charge in [0.15, 0.2) is 12.4 Å². The lowest BCUT2D eigenvalue weighted by Crippen LogP contribution is -2.22. The maximum atomic E-state index is 14.5. The standard InChI is InChI=1S/C24H18F2N4O3/c25-18-7-2-3-8-20(18)29-23(31)15-33-22-9-4-1-6-17(22)24(32)28-16-10-11-21(19(26)14-16)30-13-5-12-27-30/h1-14H,15H2,(H,28,32)(H,29,31). The summed E-state index contributed by atoms with van der Waals surface area (Å²) in [4.78, 5) is 24.9. The number of rotatable bonds is 7. The van der Waals surface area contributed by atoms with Crippen LogP contribution in [0, 0.1) is 11.6 Å². The van der Waals surface area contributed by atoms with Gasteiger partial charge in [0.05, 0.1) is 11.3 Å². The molecule has 2 N–H and O–H groups in total. The third-order valence-corrected chi connectivity index (χ3v) is 4.60. The van der Waals surface area contributed by atoms with E-state index in [2.05, 4.69) is 15.7 Å². The minimum atomic E-state index is -0.591. The Hall–Kier alpha value is -4.53. The van der Waals surface area contributed by atoms with Crippen molar-refractivity contribution in [2.24, 2.45) is 0 Å². The van der Waals surface area contributed by atoms with Crippen molar-refractivity contribution in [2.75, 3.05) is 17.2 Å². The predicted molar refractivity (Wildman–Crippen MR) is 118 cm³/mol. The summed E-state index contributed by atoms with van der Waals surface area (Å²) in [6.45, 7) is -0.439. The number of nitrogens with one attached hydrogen (secondary N) is 2. The van der Waals surface area contributed by atoms with E-state index in [1.165, 1.54) is 53.3 Å². The first-order valence-electron chi connectivity index (χ1n) is 9.88. The summed E-state index contributed by atoms with van der Waals surface area (Å²) in [5, 5.41) is 8.99. The largest absolute Gasteiger partial charge is 0.483 e. The monoisotopic (exact) mass is 448 g/mol. The van der Waals surface area contributed by atoms with Crippen LogP contribution in [0.1, 0.15) is 10.4 Å². The molecule has 2 amide bonds. The second-order valence-corrected chi connectivity index (χ2v) is 6.88. The van der Waals surface area contributed by atoms with Gasteiger partial charge in [-0.15, -0.1) is 0 Å². The Morgan fingerprint density at radius 3 is 2.45 bits per heavy atom. The zero-order chi connectivity index (χ0) is 23.2. The maximum Gasteiger partial charge on any atom is 0.262 e. The van der Waals surface area contributed by atoms with Gasteiger partial charge in [0.25, 0.3) is 11.8 Å². The Kier molecular flexibility index (Phi) is 6.40. The van der Waals surface area contributed by atoms with Gasteiger partial charge in [0, 0.05) is 18.1 Å². The van der Waals surface area contributed by atoms with E-state index >= 15 is 0 Å². The molecule has 166 valence electrons. The Labute approximate surface area is 187 Å². The number of para-hydroxylation sites is 2. The fourth-order valence-corrected chi connectivity index (χ4v) is 3.05. The topological polar surface area (TPSA) is 85.2 Å². The molecule has 33 heavy (non-hydrogen) atoms. The minimum absolute atomic E-state index is 0.0257. The average Bonchev–Trinajstić information content (AvgIpc) is 3.34. The van der Waals surface area contributed by atoms with Gasteiger partial charge >= 0.3 is 0 Å². The van der Waals surface area contributed by atoms with Gasteiger partial charge in [-0.05, 0) is 48.5 Å². The van der Waals surface area contributed by atoms with Gasteiger partial charge in [-0.2, -0.15) is 5.10 Å². The zero-order valence-electron chi connectivity index (χ0n) is 17.2. The van der Waals surface area contributed by atoms with E-state index in [0.29, 0.717) is 0 Å². The second-order valence-electron chi connectivity index (χ2n) is 6.88. The van der Waals surface area contributed by atoms with Crippen LogP contribution in [0.4, 0.5) is 20.2 Å². The number of aromatic nitrogens is 2. The molecule has 0 fully saturated rings. The molecule has 0 aliphatic heterocycles. The molecule has 0 radical (unpaired) electrons. The summed E-state index contributed by atoms with van der Waals surface area (Å²) in [5.41, 5.74) is 0.647. The van der Waals surface area contributed by atoms with E-state index < -0.39 is 30.1 Å². The van der Waals surface area contributed by atoms with Gasteiger partial charge in [0.1, 0.15) is 17.3 Å². The van der Waals surface area contributed by atoms with Crippen molar-refractivity contribution >= 4 is 23.2 Å². The highest BCUT2D eigenvalue weighted by atomic mass is 19.1. The zero-order valence-corrected chi connectivity index (χ0v) is 17.2. The normalized spacial score (nSPS) is 10.5. The van der Waals surface area contributed by atoms with Gasteiger partial charge in [0.2, 0.25) is 0 Å². The first-order valence-corrected chi connectivity index (χ1v) is 9.88. The first kappa shape index (κ1) is 21.7. The fraction of sp³-hybridized carbons (Fsp3) is 0.0417. The average molecular weight is 448 g/mol. The smallest absolute Gasteiger partial charge is 0.262 e. The number of hydrogen-bond acceptors (Lipinski definition) is 4. The third-order valence-electron chi connectivity index (χ3n) is 4.60. The highest BCUT2D eigenvalue weighted by Gasteiger charge is 2.15. The molecule has 0 unspecified atom stereocenters. The van der Waals surface area contributed by atoms with Crippen LogP contribution in [0.25, 0.3) is 5.69 Å². The van der Waals surface area contributed by atoms with Crippen molar-refractivity contribution < 1.29 is 23.1 Å². The molecule has 4 rings (SSSR count). The first-order chi connectivity index (χ1) is 16.0. The fourth-order valence-electron chi connectivity index (χ4n) is 3.05. The molecule has 0 saturated heterocycles. The van der Waals surface area contributed by atoms with Gasteiger partial charge < -0.3 is 15.4 Å². The third kappa shape index (κ3) is 5.21. The van der Waals surface area contributed by atoms with Crippen molar-refractivity contribution in [3.63, 3.8) is 0 Å². The molecule has 0 aliphatic rings. The lowest BCUT2D eigenvalue weighted by molar-refractivity contribution is -0.118. The Morgan fingerprint density at radius 1 is 0.909 bits per heavy atom. The summed E-state index contributed by atoms with van der Waals surface area (Å²) >= 11 is 0. The summed E-state index contributed by atoms with van der Waals surface area (Å²) in [6.07, 6.45) is 3.13. The number of benzene rings is 3. The summed E-state index contributed by atoms with van der Waals surface area (Å²) in [6, 6.07) is 17.9. The van der Waals surface area contributed by atoms with E-state index in [1.807, 2.05) is 0 Å². The highest BCUT2D eigenvalue weighted by Crippen LogP contribution is 2.22. The highest BCUT2D eigenvalue weighted by molar-refractivity contribution is 6.06. The van der Waals surface area contributed by atoms with Crippen LogP contribution in [0.2, 0.25) is 0 Å². The number of hydrogen-bond donors (Lipinski definition) is 2. The molecule has 1 heterocycles. The molecule has 0 aliphatic carbocycles. The minimum Gasteiger partial charge on any atom is -0.483 e. The van der Waals surface area contributed by atoms with Crippen LogP contribution in [0.5, 0.6) is 5.75 Å². The molecule has 3 aromatic carbocycles. The predicted octanol–water partition coefficient (Wildman–Crippen LogP) is 4.42.